The van der Waals surface area contributed by atoms with Crippen LogP contribution in [0.2, 0.25) is 0 Å². The Balaban J connectivity index is 1.91. The molecule has 1 amide bonds. The summed E-state index contributed by atoms with van der Waals surface area (Å²) in [6, 6.07) is 13.9. The number of amides is 1. The topological polar surface area (TPSA) is 82.6 Å². The van der Waals surface area contributed by atoms with Crippen molar-refractivity contribution in [2.45, 2.75) is 6.10 Å². The number of fused-ring (bicyclic) bond motifs is 2. The number of anilines is 1. The van der Waals surface area contributed by atoms with Crippen molar-refractivity contribution in [1.29, 1.82) is 0 Å². The number of methoxy groups -OCH3 is 1. The lowest BCUT2D eigenvalue weighted by Crippen LogP contribution is -2.41. The SMILES string of the molecule is COC1CN(c2[nH]c(=O)c3ccccc3c2O)C(=O)c2ccccc21. The first-order valence-corrected chi connectivity index (χ1v) is 7.89. The van der Waals surface area contributed by atoms with Crippen LogP contribution in [0.3, 0.4) is 0 Å². The minimum atomic E-state index is -0.357. The van der Waals surface area contributed by atoms with Gasteiger partial charge in [-0.1, -0.05) is 36.4 Å². The zero-order valence-corrected chi connectivity index (χ0v) is 13.5. The molecule has 4 rings (SSSR count). The van der Waals surface area contributed by atoms with Gasteiger partial charge in [0.2, 0.25) is 0 Å². The second kappa shape index (κ2) is 5.75. The summed E-state index contributed by atoms with van der Waals surface area (Å²) in [4.78, 5) is 29.3. The van der Waals surface area contributed by atoms with Crippen LogP contribution in [0.1, 0.15) is 22.0 Å². The smallest absolute Gasteiger partial charge is 0.259 e. The number of aromatic nitrogens is 1. The fraction of sp³-hybridized carbons (Fsp3) is 0.158. The molecule has 1 atom stereocenters. The van der Waals surface area contributed by atoms with Gasteiger partial charge in [-0.25, -0.2) is 0 Å². The average molecular weight is 336 g/mol. The number of nitrogens with one attached hydrogen (secondary N) is 1. The molecule has 6 nitrogen and oxygen atoms in total. The number of aromatic hydroxyl groups is 1. The summed E-state index contributed by atoms with van der Waals surface area (Å²) in [6.07, 6.45) is -0.344. The minimum Gasteiger partial charge on any atom is -0.504 e. The van der Waals surface area contributed by atoms with Crippen LogP contribution in [0.5, 0.6) is 5.75 Å². The monoisotopic (exact) mass is 336 g/mol. The number of hydrogen-bond donors (Lipinski definition) is 2. The summed E-state index contributed by atoms with van der Waals surface area (Å²) in [5.41, 5.74) is 0.937. The number of nitrogens with zero attached hydrogens (tertiary/aromatic N) is 1. The number of carbonyl (C=O) groups is 1. The van der Waals surface area contributed by atoms with Crippen LogP contribution < -0.4 is 10.5 Å². The molecule has 2 aromatic carbocycles. The molecule has 2 N–H and O–H groups in total. The molecule has 1 aliphatic heterocycles. The Bertz CT molecular complexity index is 1040. The van der Waals surface area contributed by atoms with E-state index >= 15 is 0 Å². The van der Waals surface area contributed by atoms with Gasteiger partial charge in [-0.05, 0) is 17.7 Å². The van der Waals surface area contributed by atoms with Crippen molar-refractivity contribution in [3.8, 4) is 5.75 Å². The summed E-state index contributed by atoms with van der Waals surface area (Å²) in [5.74, 6) is -0.326. The highest BCUT2D eigenvalue weighted by atomic mass is 16.5. The maximum Gasteiger partial charge on any atom is 0.259 e. The minimum absolute atomic E-state index is 0.0882. The van der Waals surface area contributed by atoms with Crippen molar-refractivity contribution in [2.75, 3.05) is 18.6 Å². The lowest BCUT2D eigenvalue weighted by Gasteiger charge is -2.33. The van der Waals surface area contributed by atoms with Gasteiger partial charge in [0.15, 0.2) is 11.6 Å². The maximum atomic E-state index is 12.9. The van der Waals surface area contributed by atoms with Gasteiger partial charge in [0.25, 0.3) is 11.5 Å². The Labute approximate surface area is 143 Å². The molecule has 0 radical (unpaired) electrons. The molecule has 0 aliphatic carbocycles. The predicted octanol–water partition coefficient (Wildman–Crippen LogP) is 2.58. The fourth-order valence-electron chi connectivity index (χ4n) is 3.30. The van der Waals surface area contributed by atoms with Gasteiger partial charge in [-0.15, -0.1) is 0 Å². The first-order chi connectivity index (χ1) is 12.1. The van der Waals surface area contributed by atoms with Crippen LogP contribution >= 0.6 is 0 Å². The van der Waals surface area contributed by atoms with E-state index in [2.05, 4.69) is 4.98 Å². The number of rotatable bonds is 2. The van der Waals surface area contributed by atoms with E-state index in [0.29, 0.717) is 16.3 Å². The second-order valence-electron chi connectivity index (χ2n) is 5.92. The molecule has 1 unspecified atom stereocenters. The van der Waals surface area contributed by atoms with Crippen LogP contribution in [0.25, 0.3) is 10.8 Å². The molecule has 0 fully saturated rings. The van der Waals surface area contributed by atoms with E-state index in [-0.39, 0.29) is 35.7 Å². The van der Waals surface area contributed by atoms with E-state index in [1.807, 2.05) is 12.1 Å². The standard InChI is InChI=1S/C19H16N2O4/c1-25-15-10-21(19(24)14-9-5-2-6-11(14)15)17-16(22)12-7-3-4-8-13(12)18(23)20-17/h2-9,15,22H,10H2,1H3,(H,20,23). The zero-order valence-electron chi connectivity index (χ0n) is 13.5. The van der Waals surface area contributed by atoms with Crippen LogP contribution in [-0.2, 0) is 4.74 Å². The molecule has 0 bridgehead atoms. The highest BCUT2D eigenvalue weighted by Crippen LogP contribution is 2.36. The van der Waals surface area contributed by atoms with Crippen molar-refractivity contribution in [3.05, 3.63) is 70.0 Å². The third-order valence-electron chi connectivity index (χ3n) is 4.57. The first-order valence-electron chi connectivity index (χ1n) is 7.89. The Morgan fingerprint density at radius 2 is 1.76 bits per heavy atom. The van der Waals surface area contributed by atoms with Gasteiger partial charge in [0, 0.05) is 18.1 Å². The molecule has 126 valence electrons. The Hall–Kier alpha value is -3.12. The van der Waals surface area contributed by atoms with E-state index in [4.69, 9.17) is 4.74 Å². The molecule has 0 saturated carbocycles. The molecule has 6 heteroatoms. The van der Waals surface area contributed by atoms with Gasteiger partial charge < -0.3 is 14.8 Å². The molecule has 3 aromatic rings. The van der Waals surface area contributed by atoms with Crippen molar-refractivity contribution < 1.29 is 14.6 Å². The number of benzene rings is 2. The van der Waals surface area contributed by atoms with Crippen LogP contribution in [0.15, 0.2) is 53.3 Å². The molecule has 1 aromatic heterocycles. The molecular formula is C19H16N2O4. The molecule has 0 spiro atoms. The molecule has 0 saturated heterocycles. The number of aromatic amines is 1. The third-order valence-corrected chi connectivity index (χ3v) is 4.57. The lowest BCUT2D eigenvalue weighted by atomic mass is 9.96. The molecular weight excluding hydrogens is 320 g/mol. The van der Waals surface area contributed by atoms with Gasteiger partial charge in [0.05, 0.1) is 11.9 Å². The van der Waals surface area contributed by atoms with E-state index in [1.165, 1.54) is 4.90 Å². The Kier molecular flexibility index (Phi) is 3.54. The molecule has 25 heavy (non-hydrogen) atoms. The van der Waals surface area contributed by atoms with Crippen LogP contribution in [-0.4, -0.2) is 29.7 Å². The fourth-order valence-corrected chi connectivity index (χ4v) is 3.30. The summed E-state index contributed by atoms with van der Waals surface area (Å²) < 4.78 is 5.51. The Morgan fingerprint density at radius 3 is 2.52 bits per heavy atom. The van der Waals surface area contributed by atoms with E-state index in [1.54, 1.807) is 43.5 Å². The normalized spacial score (nSPS) is 16.9. The van der Waals surface area contributed by atoms with Gasteiger partial charge >= 0.3 is 0 Å². The van der Waals surface area contributed by atoms with Gasteiger partial charge in [-0.3, -0.25) is 14.5 Å². The van der Waals surface area contributed by atoms with Crippen molar-refractivity contribution in [3.63, 3.8) is 0 Å². The number of carbonyl (C=O) groups excluding carboxylic acids is 1. The highest BCUT2D eigenvalue weighted by molar-refractivity contribution is 6.09. The Morgan fingerprint density at radius 1 is 1.08 bits per heavy atom. The zero-order chi connectivity index (χ0) is 17.6. The number of hydrogen-bond acceptors (Lipinski definition) is 4. The van der Waals surface area contributed by atoms with Gasteiger partial charge in [0.1, 0.15) is 6.10 Å². The summed E-state index contributed by atoms with van der Waals surface area (Å²) in [6.45, 7) is 0.203. The number of pyridine rings is 1. The maximum absolute atomic E-state index is 12.9. The van der Waals surface area contributed by atoms with Gasteiger partial charge in [-0.2, -0.15) is 0 Å². The predicted molar refractivity (Wildman–Crippen MR) is 94.1 cm³/mol. The van der Waals surface area contributed by atoms with Crippen molar-refractivity contribution >= 4 is 22.5 Å². The first kappa shape index (κ1) is 15.4. The molecule has 1 aliphatic rings. The highest BCUT2D eigenvalue weighted by Gasteiger charge is 2.34. The largest absolute Gasteiger partial charge is 0.504 e. The third kappa shape index (κ3) is 2.30. The van der Waals surface area contributed by atoms with Crippen molar-refractivity contribution in [2.24, 2.45) is 0 Å². The second-order valence-corrected chi connectivity index (χ2v) is 5.92. The number of ether oxygens (including phenoxy) is 1. The van der Waals surface area contributed by atoms with Crippen LogP contribution in [0, 0.1) is 0 Å². The summed E-state index contributed by atoms with van der Waals surface area (Å²) >= 11 is 0. The van der Waals surface area contributed by atoms with E-state index in [9.17, 15) is 14.7 Å². The summed E-state index contributed by atoms with van der Waals surface area (Å²) in [7, 11) is 1.57. The molecule has 2 heterocycles. The van der Waals surface area contributed by atoms with Crippen LogP contribution in [0.4, 0.5) is 5.82 Å². The van der Waals surface area contributed by atoms with Crippen molar-refractivity contribution in [1.82, 2.24) is 4.98 Å². The summed E-state index contributed by atoms with van der Waals surface area (Å²) in [5, 5.41) is 11.4. The average Bonchev–Trinajstić information content (AvgIpc) is 2.65. The van der Waals surface area contributed by atoms with E-state index < -0.39 is 0 Å². The quantitative estimate of drug-likeness (QED) is 0.753. The van der Waals surface area contributed by atoms with E-state index in [0.717, 1.165) is 5.56 Å². The number of H-pyrrole nitrogens is 1. The lowest BCUT2D eigenvalue weighted by molar-refractivity contribution is 0.0820.